The first-order valence-corrected chi connectivity index (χ1v) is 8.24. The summed E-state index contributed by atoms with van der Waals surface area (Å²) < 4.78 is 0. The van der Waals surface area contributed by atoms with Crippen LogP contribution in [0.4, 0.5) is 11.4 Å². The van der Waals surface area contributed by atoms with Crippen LogP contribution in [-0.2, 0) is 0 Å². The highest BCUT2D eigenvalue weighted by Gasteiger charge is 2.07. The molecule has 3 radical (unpaired) electrons. The van der Waals surface area contributed by atoms with Gasteiger partial charge in [0.25, 0.3) is 0 Å². The van der Waals surface area contributed by atoms with E-state index in [1.54, 1.807) is 0 Å². The van der Waals surface area contributed by atoms with Gasteiger partial charge in [-0.25, -0.2) is 0 Å². The Labute approximate surface area is 124 Å². The van der Waals surface area contributed by atoms with Crippen LogP contribution in [0.15, 0.2) is 48.5 Å². The van der Waals surface area contributed by atoms with E-state index in [4.69, 9.17) is 7.57 Å². The molecule has 0 N–H and O–H groups in total. The third-order valence-corrected chi connectivity index (χ3v) is 5.30. The fourth-order valence-electron chi connectivity index (χ4n) is 2.04. The lowest BCUT2D eigenvalue weighted by Crippen LogP contribution is -2.14. The average molecular weight is 283 g/mol. The van der Waals surface area contributed by atoms with Gasteiger partial charge in [0.2, 0.25) is 0 Å². The molecule has 0 aromatic heterocycles. The molecule has 2 aromatic rings. The van der Waals surface area contributed by atoms with E-state index in [2.05, 4.69) is 58.3 Å². The van der Waals surface area contributed by atoms with Crippen molar-refractivity contribution >= 4 is 37.3 Å². The van der Waals surface area contributed by atoms with E-state index in [9.17, 15) is 0 Å². The highest BCUT2D eigenvalue weighted by atomic mass is 31.1. The normalized spacial score (nSPS) is 10.7. The van der Waals surface area contributed by atoms with Crippen LogP contribution in [0.1, 0.15) is 0 Å². The van der Waals surface area contributed by atoms with Crippen LogP contribution in [0.3, 0.4) is 0 Å². The Morgan fingerprint density at radius 3 is 1.20 bits per heavy atom. The van der Waals surface area contributed by atoms with E-state index in [0.29, 0.717) is 0 Å². The topological polar surface area (TPSA) is 6.48 Å². The lowest BCUT2D eigenvalue weighted by atomic mass is 10.3. The van der Waals surface area contributed by atoms with Crippen LogP contribution in [0.5, 0.6) is 0 Å². The minimum atomic E-state index is -1.17. The van der Waals surface area contributed by atoms with Gasteiger partial charge in [-0.1, -0.05) is 0 Å². The Balaban J connectivity index is 2.19. The Morgan fingerprint density at radius 2 is 0.950 bits per heavy atom. The third kappa shape index (κ3) is 3.35. The summed E-state index contributed by atoms with van der Waals surface area (Å²) in [6.45, 7) is 0. The smallest absolute Gasteiger partial charge is 0.0445 e. The van der Waals surface area contributed by atoms with Crippen LogP contribution >= 0.6 is 7.80 Å². The maximum Gasteiger partial charge on any atom is 0.0445 e. The van der Waals surface area contributed by atoms with Crippen LogP contribution in [0.2, 0.25) is 0 Å². The molecule has 20 heavy (non-hydrogen) atoms. The number of hydrogen-bond donors (Lipinski definition) is 0. The molecular formula is C16H21BN2P. The lowest BCUT2D eigenvalue weighted by molar-refractivity contribution is 1.13. The maximum absolute atomic E-state index is 6.44. The van der Waals surface area contributed by atoms with E-state index in [1.165, 1.54) is 22.0 Å². The van der Waals surface area contributed by atoms with E-state index in [-0.39, 0.29) is 0 Å². The molecule has 0 unspecified atom stereocenters. The van der Waals surface area contributed by atoms with Crippen molar-refractivity contribution in [1.82, 2.24) is 0 Å². The molecule has 0 bridgehead atoms. The van der Waals surface area contributed by atoms with Gasteiger partial charge in [0.15, 0.2) is 0 Å². The molecule has 2 aromatic carbocycles. The summed E-state index contributed by atoms with van der Waals surface area (Å²) in [7, 11) is 13.5. The Bertz CT molecular complexity index is 498. The van der Waals surface area contributed by atoms with Gasteiger partial charge in [-0.05, 0) is 48.5 Å². The summed E-state index contributed by atoms with van der Waals surface area (Å²) in [6, 6.07) is 17.1. The standard InChI is InChI=1S/C16H21BN2P/c1-18(2)13-5-9-15(10-6-13)20(17)16-11-7-14(8-12-16)19(3)4/h5-12,20H,1-4H3. The molecule has 0 saturated heterocycles. The van der Waals surface area contributed by atoms with Crippen molar-refractivity contribution < 1.29 is 0 Å². The SMILES string of the molecule is [B-][PH+](c1ccc(N(C)C)cc1)c1ccc(N(C)C)cc1. The van der Waals surface area contributed by atoms with Crippen LogP contribution in [0, 0.1) is 0 Å². The van der Waals surface area contributed by atoms with Crippen molar-refractivity contribution in [1.29, 1.82) is 0 Å². The van der Waals surface area contributed by atoms with Crippen molar-refractivity contribution in [3.63, 3.8) is 0 Å². The fourth-order valence-corrected chi connectivity index (χ4v) is 3.43. The average Bonchev–Trinajstić information content (AvgIpc) is 2.46. The molecule has 0 heterocycles. The summed E-state index contributed by atoms with van der Waals surface area (Å²) in [4.78, 5) is 4.19. The minimum Gasteiger partial charge on any atom is -0.378 e. The van der Waals surface area contributed by atoms with E-state index < -0.39 is 7.80 Å². The van der Waals surface area contributed by atoms with E-state index in [1.807, 2.05) is 28.2 Å². The molecule has 2 rings (SSSR count). The number of nitrogens with zero attached hydrogens (tertiary/aromatic N) is 2. The van der Waals surface area contributed by atoms with Gasteiger partial charge in [-0.2, -0.15) is 7.80 Å². The number of hydrogen-bond acceptors (Lipinski definition) is 2. The van der Waals surface area contributed by atoms with Gasteiger partial charge < -0.3 is 9.80 Å². The fraction of sp³-hybridized carbons (Fsp3) is 0.250. The van der Waals surface area contributed by atoms with E-state index >= 15 is 0 Å². The zero-order chi connectivity index (χ0) is 14.7. The zero-order valence-electron chi connectivity index (χ0n) is 12.6. The molecule has 0 spiro atoms. The molecule has 0 aliphatic rings. The number of benzene rings is 2. The second-order valence-electron chi connectivity index (χ2n) is 5.30. The maximum atomic E-state index is 6.44. The Hall–Kier alpha value is -1.47. The van der Waals surface area contributed by atoms with Crippen molar-refractivity contribution in [3.05, 3.63) is 48.5 Å². The Kier molecular flexibility index (Phi) is 4.72. The van der Waals surface area contributed by atoms with Gasteiger partial charge in [-0.3, -0.25) is 7.57 Å². The van der Waals surface area contributed by atoms with Gasteiger partial charge in [-0.15, -0.1) is 0 Å². The largest absolute Gasteiger partial charge is 0.378 e. The number of anilines is 2. The van der Waals surface area contributed by atoms with Crippen molar-refractivity contribution in [2.75, 3.05) is 38.0 Å². The molecule has 0 amide bonds. The minimum absolute atomic E-state index is 1.17. The number of rotatable bonds is 4. The van der Waals surface area contributed by atoms with Gasteiger partial charge >= 0.3 is 0 Å². The molecule has 0 atom stereocenters. The molecule has 0 aliphatic heterocycles. The summed E-state index contributed by atoms with van der Waals surface area (Å²) in [5.41, 5.74) is 2.40. The molecule has 2 nitrogen and oxygen atoms in total. The second-order valence-corrected chi connectivity index (χ2v) is 7.28. The first-order chi connectivity index (χ1) is 9.49. The zero-order valence-corrected chi connectivity index (χ0v) is 13.6. The predicted molar refractivity (Wildman–Crippen MR) is 94.9 cm³/mol. The highest BCUT2D eigenvalue weighted by Crippen LogP contribution is 2.28. The van der Waals surface area contributed by atoms with Crippen LogP contribution in [-0.4, -0.2) is 35.8 Å². The second kappa shape index (κ2) is 6.32. The molecule has 0 aliphatic carbocycles. The van der Waals surface area contributed by atoms with Gasteiger partial charge in [0.1, 0.15) is 0 Å². The highest BCUT2D eigenvalue weighted by molar-refractivity contribution is 7.94. The molecule has 0 fully saturated rings. The molecular weight excluding hydrogens is 262 g/mol. The van der Waals surface area contributed by atoms with E-state index in [0.717, 1.165) is 0 Å². The first-order valence-electron chi connectivity index (χ1n) is 6.67. The van der Waals surface area contributed by atoms with Crippen molar-refractivity contribution in [2.45, 2.75) is 0 Å². The monoisotopic (exact) mass is 283 g/mol. The lowest BCUT2D eigenvalue weighted by Gasteiger charge is -2.20. The summed E-state index contributed by atoms with van der Waals surface area (Å²) in [5, 5.41) is 2.47. The van der Waals surface area contributed by atoms with Crippen molar-refractivity contribution in [3.8, 4) is 0 Å². The third-order valence-electron chi connectivity index (χ3n) is 3.39. The van der Waals surface area contributed by atoms with Gasteiger partial charge in [0, 0.05) is 50.2 Å². The Morgan fingerprint density at radius 1 is 0.650 bits per heavy atom. The van der Waals surface area contributed by atoms with Crippen LogP contribution < -0.4 is 20.4 Å². The molecule has 4 heteroatoms. The first kappa shape index (κ1) is 14.9. The van der Waals surface area contributed by atoms with Gasteiger partial charge in [0.05, 0.1) is 0 Å². The summed E-state index contributed by atoms with van der Waals surface area (Å²) >= 11 is 0. The van der Waals surface area contributed by atoms with Crippen LogP contribution in [0.25, 0.3) is 0 Å². The molecule has 103 valence electrons. The summed E-state index contributed by atoms with van der Waals surface area (Å²) in [6.07, 6.45) is 0. The van der Waals surface area contributed by atoms with Crippen molar-refractivity contribution in [2.24, 2.45) is 0 Å². The predicted octanol–water partition coefficient (Wildman–Crippen LogP) is 2.07. The quantitative estimate of drug-likeness (QED) is 0.626. The summed E-state index contributed by atoms with van der Waals surface area (Å²) in [5.74, 6) is 0. The molecule has 0 saturated carbocycles.